The average Bonchev–Trinajstić information content (AvgIpc) is 3.50. The smallest absolute Gasteiger partial charge is 0.164 e. The van der Waals surface area contributed by atoms with Gasteiger partial charge in [0.15, 0.2) is 6.23 Å². The summed E-state index contributed by atoms with van der Waals surface area (Å²) in [5, 5.41) is 35.9. The highest BCUT2D eigenvalue weighted by Crippen LogP contribution is 2.41. The van der Waals surface area contributed by atoms with Crippen molar-refractivity contribution in [2.24, 2.45) is 4.99 Å². The predicted molar refractivity (Wildman–Crippen MR) is 150 cm³/mol. The highest BCUT2D eigenvalue weighted by molar-refractivity contribution is 5.77. The van der Waals surface area contributed by atoms with Crippen molar-refractivity contribution in [3.05, 3.63) is 71.9 Å². The minimum absolute atomic E-state index is 0.376. The minimum atomic E-state index is -1.18. The van der Waals surface area contributed by atoms with Crippen LogP contribution < -0.4 is 10.7 Å². The first-order valence-corrected chi connectivity index (χ1v) is 13.6. The Morgan fingerprint density at radius 1 is 1.00 bits per heavy atom. The molecule has 4 heterocycles. The number of fused-ring (bicyclic) bond motifs is 1. The van der Waals surface area contributed by atoms with Crippen molar-refractivity contribution in [3.8, 4) is 11.1 Å². The van der Waals surface area contributed by atoms with Crippen molar-refractivity contribution >= 4 is 17.8 Å². The zero-order chi connectivity index (χ0) is 26.8. The summed E-state index contributed by atoms with van der Waals surface area (Å²) >= 11 is 0. The number of aliphatic hydroxyl groups excluding tert-OH is 3. The van der Waals surface area contributed by atoms with Gasteiger partial charge in [-0.1, -0.05) is 42.5 Å². The van der Waals surface area contributed by atoms with Crippen LogP contribution in [0.2, 0.25) is 0 Å². The van der Waals surface area contributed by atoms with Gasteiger partial charge in [-0.15, -0.1) is 0 Å². The lowest BCUT2D eigenvalue weighted by Crippen LogP contribution is -2.44. The van der Waals surface area contributed by atoms with E-state index in [9.17, 15) is 15.3 Å². The van der Waals surface area contributed by atoms with Crippen LogP contribution in [0.4, 0.5) is 11.5 Å². The number of benzene rings is 2. The molecular formula is C29H36N6O4. The van der Waals surface area contributed by atoms with Crippen LogP contribution in [-0.2, 0) is 17.7 Å². The summed E-state index contributed by atoms with van der Waals surface area (Å²) in [4.78, 5) is 7.23. The summed E-state index contributed by atoms with van der Waals surface area (Å²) in [5.74, 6) is 0.657. The first kappa shape index (κ1) is 26.0. The molecule has 2 aromatic carbocycles. The second kappa shape index (κ2) is 11.5. The summed E-state index contributed by atoms with van der Waals surface area (Å²) in [5.41, 5.74) is 8.69. The summed E-state index contributed by atoms with van der Waals surface area (Å²) < 4.78 is 7.60. The SMILES string of the molecule is OC[C@H]1O[C@@H](n2cc(-c3ccccc3)c3c2N=CN(Nc2ccc(CCN4CCNCC4)cc2)C3)[C@@H](O)[C@H]1O. The Morgan fingerprint density at radius 2 is 1.77 bits per heavy atom. The van der Waals surface area contributed by atoms with Gasteiger partial charge in [0, 0.05) is 50.0 Å². The number of aliphatic hydroxyl groups is 3. The maximum absolute atomic E-state index is 10.7. The number of hydrazine groups is 1. The van der Waals surface area contributed by atoms with Gasteiger partial charge in [0.05, 0.1) is 18.8 Å². The van der Waals surface area contributed by atoms with Crippen molar-refractivity contribution in [1.29, 1.82) is 0 Å². The van der Waals surface area contributed by atoms with Crippen LogP contribution in [-0.4, -0.2) is 93.8 Å². The standard InChI is InChI=1S/C29H36N6O4/c36-18-25-26(37)27(38)29(39-25)35-17-23(21-4-2-1-3-5-21)24-16-34(19-31-28(24)35)32-22-8-6-20(7-9-22)10-13-33-14-11-30-12-15-33/h1-9,17,19,25-27,29-30,32,36-38H,10-16,18H2/t25-,26+,27+,29-/m1/s1. The van der Waals surface area contributed by atoms with Crippen LogP contribution in [0.5, 0.6) is 0 Å². The Kier molecular flexibility index (Phi) is 7.64. The molecule has 0 radical (unpaired) electrons. The lowest BCUT2D eigenvalue weighted by atomic mass is 10.0. The van der Waals surface area contributed by atoms with Gasteiger partial charge in [0.1, 0.15) is 30.5 Å². The Bertz CT molecular complexity index is 1270. The van der Waals surface area contributed by atoms with Gasteiger partial charge in [0.2, 0.25) is 0 Å². The van der Waals surface area contributed by atoms with E-state index >= 15 is 0 Å². The molecule has 4 atom stereocenters. The number of anilines is 1. The van der Waals surface area contributed by atoms with E-state index in [0.717, 1.165) is 61.5 Å². The molecule has 5 N–H and O–H groups in total. The summed E-state index contributed by atoms with van der Waals surface area (Å²) in [7, 11) is 0. The molecule has 206 valence electrons. The van der Waals surface area contributed by atoms with Gasteiger partial charge >= 0.3 is 0 Å². The molecule has 0 bridgehead atoms. The molecule has 10 heteroatoms. The number of nitrogens with one attached hydrogen (secondary N) is 2. The van der Waals surface area contributed by atoms with Gasteiger partial charge in [-0.2, -0.15) is 0 Å². The number of piperazine rings is 1. The van der Waals surface area contributed by atoms with Crippen molar-refractivity contribution in [3.63, 3.8) is 0 Å². The van der Waals surface area contributed by atoms with Crippen LogP contribution in [0, 0.1) is 0 Å². The fourth-order valence-electron chi connectivity index (χ4n) is 5.56. The molecule has 3 aromatic rings. The van der Waals surface area contributed by atoms with Gasteiger partial charge in [-0.05, 0) is 29.7 Å². The topological polar surface area (TPSA) is 118 Å². The van der Waals surface area contributed by atoms with Crippen molar-refractivity contribution < 1.29 is 20.1 Å². The molecule has 10 nitrogen and oxygen atoms in total. The summed E-state index contributed by atoms with van der Waals surface area (Å²) in [6.45, 7) is 5.58. The number of ether oxygens (including phenoxy) is 1. The second-order valence-corrected chi connectivity index (χ2v) is 10.4. The molecule has 6 rings (SSSR count). The fraction of sp³-hybridized carbons (Fsp3) is 0.414. The minimum Gasteiger partial charge on any atom is -0.394 e. The van der Waals surface area contributed by atoms with E-state index in [4.69, 9.17) is 9.73 Å². The Hall–Kier alpha value is -3.25. The molecule has 0 spiro atoms. The summed E-state index contributed by atoms with van der Waals surface area (Å²) in [6.07, 6.45) is 0.607. The molecule has 1 aromatic heterocycles. The third-order valence-corrected chi connectivity index (χ3v) is 7.78. The van der Waals surface area contributed by atoms with Crippen LogP contribution >= 0.6 is 0 Å². The quantitative estimate of drug-likeness (QED) is 0.298. The normalized spacial score (nSPS) is 25.2. The third-order valence-electron chi connectivity index (χ3n) is 7.78. The van der Waals surface area contributed by atoms with Crippen LogP contribution in [0.25, 0.3) is 11.1 Å². The van der Waals surface area contributed by atoms with Crippen molar-refractivity contribution in [2.45, 2.75) is 37.5 Å². The first-order valence-electron chi connectivity index (χ1n) is 13.6. The van der Waals surface area contributed by atoms with E-state index in [-0.39, 0.29) is 6.61 Å². The first-order chi connectivity index (χ1) is 19.1. The molecule has 39 heavy (non-hydrogen) atoms. The largest absolute Gasteiger partial charge is 0.394 e. The van der Waals surface area contributed by atoms with Crippen LogP contribution in [0.1, 0.15) is 17.4 Å². The molecule has 0 amide bonds. The van der Waals surface area contributed by atoms with E-state index in [2.05, 4.69) is 39.9 Å². The van der Waals surface area contributed by atoms with E-state index in [1.54, 1.807) is 10.9 Å². The van der Waals surface area contributed by atoms with Crippen molar-refractivity contribution in [2.75, 3.05) is 44.8 Å². The highest BCUT2D eigenvalue weighted by Gasteiger charge is 2.44. The Morgan fingerprint density at radius 3 is 2.49 bits per heavy atom. The Balaban J connectivity index is 1.19. The molecule has 0 unspecified atom stereocenters. The monoisotopic (exact) mass is 532 g/mol. The maximum Gasteiger partial charge on any atom is 0.164 e. The highest BCUT2D eigenvalue weighted by atomic mass is 16.6. The van der Waals surface area contributed by atoms with Crippen LogP contribution in [0.3, 0.4) is 0 Å². The second-order valence-electron chi connectivity index (χ2n) is 10.4. The van der Waals surface area contributed by atoms with E-state index < -0.39 is 24.5 Å². The third kappa shape index (κ3) is 5.44. The summed E-state index contributed by atoms with van der Waals surface area (Å²) in [6, 6.07) is 18.5. The van der Waals surface area contributed by atoms with E-state index in [1.807, 2.05) is 41.5 Å². The number of nitrogens with zero attached hydrogens (tertiary/aromatic N) is 4. The molecule has 0 aliphatic carbocycles. The number of hydrogen-bond acceptors (Lipinski definition) is 9. The van der Waals surface area contributed by atoms with Gasteiger partial charge < -0.3 is 34.8 Å². The number of rotatable bonds is 8. The molecule has 0 saturated carbocycles. The van der Waals surface area contributed by atoms with Crippen LogP contribution in [0.15, 0.2) is 65.8 Å². The molecule has 2 saturated heterocycles. The molecular weight excluding hydrogens is 496 g/mol. The van der Waals surface area contributed by atoms with Crippen molar-refractivity contribution in [1.82, 2.24) is 19.8 Å². The average molecular weight is 533 g/mol. The zero-order valence-corrected chi connectivity index (χ0v) is 21.9. The molecule has 3 aliphatic heterocycles. The van der Waals surface area contributed by atoms with Gasteiger partial charge in [0.25, 0.3) is 0 Å². The number of aliphatic imine (C=N–C) groups is 1. The molecule has 3 aliphatic rings. The maximum atomic E-state index is 10.7. The molecule has 2 fully saturated rings. The lowest BCUT2D eigenvalue weighted by Gasteiger charge is -2.27. The van der Waals surface area contributed by atoms with E-state index in [1.165, 1.54) is 5.56 Å². The predicted octanol–water partition coefficient (Wildman–Crippen LogP) is 1.72. The lowest BCUT2D eigenvalue weighted by molar-refractivity contribution is -0.0518. The Labute approximate surface area is 228 Å². The van der Waals surface area contributed by atoms with Gasteiger partial charge in [-0.25, -0.2) is 4.99 Å². The zero-order valence-electron chi connectivity index (χ0n) is 21.9. The number of hydrogen-bond donors (Lipinski definition) is 5. The number of aromatic nitrogens is 1. The van der Waals surface area contributed by atoms with Gasteiger partial charge in [-0.3, -0.25) is 10.4 Å². The fourth-order valence-corrected chi connectivity index (χ4v) is 5.56. The van der Waals surface area contributed by atoms with E-state index in [0.29, 0.717) is 12.4 Å².